The highest BCUT2D eigenvalue weighted by Gasteiger charge is 2.28. The summed E-state index contributed by atoms with van der Waals surface area (Å²) < 4.78 is 0. The Kier molecular flexibility index (Phi) is 4.04. The van der Waals surface area contributed by atoms with E-state index in [4.69, 9.17) is 4.98 Å². The summed E-state index contributed by atoms with van der Waals surface area (Å²) in [6.45, 7) is 6.00. The van der Waals surface area contributed by atoms with Crippen LogP contribution in [0.3, 0.4) is 0 Å². The number of benzene rings is 1. The standard InChI is InChI=1S/C17H22N4/c1-3-18-15-12-16(20-17(19-15)13-10-11-13)21(4-2)14-8-6-5-7-9-14/h5-9,12-13H,3-4,10-11H2,1-2H3,(H,18,19,20). The van der Waals surface area contributed by atoms with Crippen molar-refractivity contribution in [2.75, 3.05) is 23.3 Å². The molecule has 0 bridgehead atoms. The van der Waals surface area contributed by atoms with Crippen LogP contribution in [0.25, 0.3) is 0 Å². The van der Waals surface area contributed by atoms with Gasteiger partial charge in [0.15, 0.2) is 0 Å². The van der Waals surface area contributed by atoms with Gasteiger partial charge >= 0.3 is 0 Å². The Morgan fingerprint density at radius 1 is 1.14 bits per heavy atom. The molecular weight excluding hydrogens is 260 g/mol. The fraction of sp³-hybridized carbons (Fsp3) is 0.412. The molecule has 1 saturated carbocycles. The summed E-state index contributed by atoms with van der Waals surface area (Å²) >= 11 is 0. The molecule has 3 rings (SSSR count). The van der Waals surface area contributed by atoms with Crippen LogP contribution in [-0.4, -0.2) is 23.1 Å². The third-order valence-corrected chi connectivity index (χ3v) is 3.69. The molecule has 0 spiro atoms. The minimum atomic E-state index is 0.553. The average Bonchev–Trinajstić information content (AvgIpc) is 3.34. The highest BCUT2D eigenvalue weighted by atomic mass is 15.2. The summed E-state index contributed by atoms with van der Waals surface area (Å²) in [5, 5.41) is 3.32. The SMILES string of the molecule is CCNc1cc(N(CC)c2ccccc2)nc(C2CC2)n1. The summed E-state index contributed by atoms with van der Waals surface area (Å²) in [5.41, 5.74) is 1.17. The van der Waals surface area contributed by atoms with Gasteiger partial charge in [-0.3, -0.25) is 0 Å². The Morgan fingerprint density at radius 3 is 2.52 bits per heavy atom. The van der Waals surface area contributed by atoms with Gasteiger partial charge in [0, 0.05) is 30.8 Å². The molecular formula is C17H22N4. The highest BCUT2D eigenvalue weighted by Crippen LogP contribution is 2.39. The first-order valence-electron chi connectivity index (χ1n) is 7.77. The molecule has 21 heavy (non-hydrogen) atoms. The largest absolute Gasteiger partial charge is 0.370 e. The van der Waals surface area contributed by atoms with Crippen molar-refractivity contribution in [1.82, 2.24) is 9.97 Å². The summed E-state index contributed by atoms with van der Waals surface area (Å²) in [4.78, 5) is 11.7. The minimum Gasteiger partial charge on any atom is -0.370 e. The first-order valence-corrected chi connectivity index (χ1v) is 7.77. The van der Waals surface area contributed by atoms with Crippen LogP contribution in [0.2, 0.25) is 0 Å². The monoisotopic (exact) mass is 282 g/mol. The number of hydrogen-bond donors (Lipinski definition) is 1. The van der Waals surface area contributed by atoms with E-state index in [0.29, 0.717) is 5.92 Å². The highest BCUT2D eigenvalue weighted by molar-refractivity contribution is 5.62. The smallest absolute Gasteiger partial charge is 0.138 e. The van der Waals surface area contributed by atoms with E-state index in [1.807, 2.05) is 12.1 Å². The number of nitrogens with one attached hydrogen (secondary N) is 1. The fourth-order valence-corrected chi connectivity index (χ4v) is 2.47. The van der Waals surface area contributed by atoms with Crippen molar-refractivity contribution in [3.05, 3.63) is 42.2 Å². The van der Waals surface area contributed by atoms with Crippen LogP contribution in [0.5, 0.6) is 0 Å². The van der Waals surface area contributed by atoms with Crippen LogP contribution >= 0.6 is 0 Å². The molecule has 1 fully saturated rings. The minimum absolute atomic E-state index is 0.553. The maximum atomic E-state index is 4.80. The van der Waals surface area contributed by atoms with Gasteiger partial charge in [-0.05, 0) is 38.8 Å². The summed E-state index contributed by atoms with van der Waals surface area (Å²) in [5.74, 6) is 3.45. The summed E-state index contributed by atoms with van der Waals surface area (Å²) in [6.07, 6.45) is 2.43. The predicted molar refractivity (Wildman–Crippen MR) is 87.3 cm³/mol. The maximum absolute atomic E-state index is 4.80. The first kappa shape index (κ1) is 13.9. The lowest BCUT2D eigenvalue weighted by Crippen LogP contribution is -2.19. The predicted octanol–water partition coefficient (Wildman–Crippen LogP) is 3.94. The molecule has 1 aliphatic carbocycles. The molecule has 0 aliphatic heterocycles. The topological polar surface area (TPSA) is 41.0 Å². The van der Waals surface area contributed by atoms with Gasteiger partial charge in [-0.15, -0.1) is 0 Å². The second kappa shape index (κ2) is 6.12. The van der Waals surface area contributed by atoms with Crippen molar-refractivity contribution < 1.29 is 0 Å². The number of para-hydroxylation sites is 1. The zero-order valence-electron chi connectivity index (χ0n) is 12.7. The lowest BCUT2D eigenvalue weighted by molar-refractivity contribution is 0.893. The van der Waals surface area contributed by atoms with E-state index in [0.717, 1.165) is 30.5 Å². The molecule has 0 amide bonds. The van der Waals surface area contributed by atoms with Gasteiger partial charge in [0.2, 0.25) is 0 Å². The van der Waals surface area contributed by atoms with E-state index in [2.05, 4.69) is 53.3 Å². The van der Waals surface area contributed by atoms with Gasteiger partial charge in [-0.1, -0.05) is 18.2 Å². The molecule has 4 heteroatoms. The maximum Gasteiger partial charge on any atom is 0.138 e. The van der Waals surface area contributed by atoms with E-state index >= 15 is 0 Å². The Balaban J connectivity index is 1.98. The summed E-state index contributed by atoms with van der Waals surface area (Å²) in [7, 11) is 0. The summed E-state index contributed by atoms with van der Waals surface area (Å²) in [6, 6.07) is 12.5. The molecule has 0 atom stereocenters. The van der Waals surface area contributed by atoms with E-state index < -0.39 is 0 Å². The van der Waals surface area contributed by atoms with Gasteiger partial charge in [-0.25, -0.2) is 9.97 Å². The van der Waals surface area contributed by atoms with Gasteiger partial charge < -0.3 is 10.2 Å². The number of anilines is 3. The van der Waals surface area contributed by atoms with Gasteiger partial charge in [0.1, 0.15) is 17.5 Å². The number of hydrogen-bond acceptors (Lipinski definition) is 4. The van der Waals surface area contributed by atoms with Crippen LogP contribution in [0.15, 0.2) is 36.4 Å². The lowest BCUT2D eigenvalue weighted by Gasteiger charge is -2.23. The number of rotatable bonds is 6. The molecule has 1 aromatic carbocycles. The third kappa shape index (κ3) is 3.15. The average molecular weight is 282 g/mol. The Morgan fingerprint density at radius 2 is 1.90 bits per heavy atom. The molecule has 0 unspecified atom stereocenters. The quantitative estimate of drug-likeness (QED) is 0.871. The van der Waals surface area contributed by atoms with Crippen LogP contribution in [0, 0.1) is 0 Å². The Hall–Kier alpha value is -2.10. The van der Waals surface area contributed by atoms with Gasteiger partial charge in [0.05, 0.1) is 0 Å². The van der Waals surface area contributed by atoms with Crippen molar-refractivity contribution in [3.8, 4) is 0 Å². The van der Waals surface area contributed by atoms with Crippen molar-refractivity contribution in [1.29, 1.82) is 0 Å². The van der Waals surface area contributed by atoms with Gasteiger partial charge in [-0.2, -0.15) is 0 Å². The lowest BCUT2D eigenvalue weighted by atomic mass is 10.2. The Bertz CT molecular complexity index is 593. The molecule has 110 valence electrons. The molecule has 4 nitrogen and oxygen atoms in total. The molecule has 1 aliphatic rings. The molecule has 2 aromatic rings. The van der Waals surface area contributed by atoms with Gasteiger partial charge in [0.25, 0.3) is 0 Å². The fourth-order valence-electron chi connectivity index (χ4n) is 2.47. The van der Waals surface area contributed by atoms with Crippen molar-refractivity contribution in [3.63, 3.8) is 0 Å². The number of aromatic nitrogens is 2. The van der Waals surface area contributed by atoms with E-state index in [1.165, 1.54) is 18.5 Å². The molecule has 1 aromatic heterocycles. The Labute approximate surface area is 126 Å². The number of nitrogens with zero attached hydrogens (tertiary/aromatic N) is 3. The third-order valence-electron chi connectivity index (χ3n) is 3.69. The van der Waals surface area contributed by atoms with Crippen molar-refractivity contribution in [2.45, 2.75) is 32.6 Å². The van der Waals surface area contributed by atoms with Crippen LogP contribution in [0.1, 0.15) is 38.4 Å². The second-order valence-electron chi connectivity index (χ2n) is 5.35. The second-order valence-corrected chi connectivity index (χ2v) is 5.35. The molecule has 0 saturated heterocycles. The van der Waals surface area contributed by atoms with E-state index in [1.54, 1.807) is 0 Å². The van der Waals surface area contributed by atoms with Crippen LogP contribution in [-0.2, 0) is 0 Å². The first-order chi connectivity index (χ1) is 10.3. The van der Waals surface area contributed by atoms with Crippen molar-refractivity contribution >= 4 is 17.3 Å². The zero-order chi connectivity index (χ0) is 14.7. The van der Waals surface area contributed by atoms with Crippen LogP contribution < -0.4 is 10.2 Å². The van der Waals surface area contributed by atoms with Crippen LogP contribution in [0.4, 0.5) is 17.3 Å². The molecule has 1 heterocycles. The van der Waals surface area contributed by atoms with E-state index in [9.17, 15) is 0 Å². The van der Waals surface area contributed by atoms with E-state index in [-0.39, 0.29) is 0 Å². The zero-order valence-corrected chi connectivity index (χ0v) is 12.7. The molecule has 0 radical (unpaired) electrons. The molecule has 1 N–H and O–H groups in total. The van der Waals surface area contributed by atoms with Crippen molar-refractivity contribution in [2.24, 2.45) is 0 Å². The normalized spacial score (nSPS) is 14.0.